The molecule has 0 spiro atoms. The van der Waals surface area contributed by atoms with Gasteiger partial charge in [-0.2, -0.15) is 5.10 Å². The quantitative estimate of drug-likeness (QED) is 0.559. The van der Waals surface area contributed by atoms with Crippen LogP contribution < -0.4 is 5.43 Å². The molecule has 8 heteroatoms. The summed E-state index contributed by atoms with van der Waals surface area (Å²) in [4.78, 5) is 24.7. The average molecular weight is 423 g/mol. The van der Waals surface area contributed by atoms with Gasteiger partial charge in [-0.3, -0.25) is 4.79 Å². The number of rotatable bonds is 4. The van der Waals surface area contributed by atoms with Crippen molar-refractivity contribution in [2.24, 2.45) is 5.10 Å². The summed E-state index contributed by atoms with van der Waals surface area (Å²) >= 11 is 11.9. The molecule has 1 N–H and O–H groups in total. The first-order valence-electron chi connectivity index (χ1n) is 8.93. The topological polar surface area (TPSA) is 80.9 Å². The van der Waals surface area contributed by atoms with Gasteiger partial charge in [0.15, 0.2) is 0 Å². The Morgan fingerprint density at radius 1 is 1.25 bits per heavy atom. The molecule has 0 saturated carbocycles. The molecule has 1 heterocycles. The lowest BCUT2D eigenvalue weighted by Crippen LogP contribution is -2.22. The summed E-state index contributed by atoms with van der Waals surface area (Å²) < 4.78 is 11.0. The van der Waals surface area contributed by atoms with E-state index in [1.807, 2.05) is 0 Å². The van der Waals surface area contributed by atoms with E-state index in [2.05, 4.69) is 10.5 Å². The van der Waals surface area contributed by atoms with Crippen LogP contribution in [0.2, 0.25) is 10.0 Å². The molecule has 0 bridgehead atoms. The standard InChI is InChI=1S/C20H20Cl2N2O4/c1-10(2)27-20(26)18-11(3)17-15(5-4-6-16(17)28-18)23-24-19(25)13-8-7-12(21)9-14(13)22/h7-10H,4-6H2,1-3H3,(H,24,25)/b23-15+. The SMILES string of the molecule is Cc1c(C(=O)OC(C)C)oc2c1/C(=N/NC(=O)c1ccc(Cl)cc1Cl)CCC2. The summed E-state index contributed by atoms with van der Waals surface area (Å²) in [6, 6.07) is 4.62. The first-order valence-corrected chi connectivity index (χ1v) is 9.69. The normalized spacial score (nSPS) is 14.9. The highest BCUT2D eigenvalue weighted by atomic mass is 35.5. The Morgan fingerprint density at radius 2 is 2.00 bits per heavy atom. The molecule has 3 rings (SSSR count). The molecule has 6 nitrogen and oxygen atoms in total. The number of ether oxygens (including phenoxy) is 1. The Balaban J connectivity index is 1.86. The zero-order valence-corrected chi connectivity index (χ0v) is 17.3. The van der Waals surface area contributed by atoms with E-state index >= 15 is 0 Å². The van der Waals surface area contributed by atoms with E-state index in [4.69, 9.17) is 32.4 Å². The van der Waals surface area contributed by atoms with E-state index in [1.54, 1.807) is 26.8 Å². The van der Waals surface area contributed by atoms with Crippen molar-refractivity contribution in [3.63, 3.8) is 0 Å². The van der Waals surface area contributed by atoms with Gasteiger partial charge in [-0.05, 0) is 51.8 Å². The van der Waals surface area contributed by atoms with E-state index in [0.29, 0.717) is 34.9 Å². The maximum Gasteiger partial charge on any atom is 0.374 e. The molecule has 0 atom stereocenters. The number of hydrogen-bond acceptors (Lipinski definition) is 5. The predicted octanol–water partition coefficient (Wildman–Crippen LogP) is 4.93. The fourth-order valence-corrected chi connectivity index (χ4v) is 3.59. The Bertz CT molecular complexity index is 963. The lowest BCUT2D eigenvalue weighted by atomic mass is 9.93. The fourth-order valence-electron chi connectivity index (χ4n) is 3.09. The van der Waals surface area contributed by atoms with Crippen LogP contribution >= 0.6 is 23.2 Å². The number of carbonyl (C=O) groups excluding carboxylic acids is 2. The van der Waals surface area contributed by atoms with Crippen molar-refractivity contribution in [2.45, 2.75) is 46.1 Å². The summed E-state index contributed by atoms with van der Waals surface area (Å²) in [5, 5.41) is 4.96. The summed E-state index contributed by atoms with van der Waals surface area (Å²) in [5.74, 6) is -0.0857. The third-order valence-corrected chi connectivity index (χ3v) is 4.87. The molecule has 1 aromatic carbocycles. The molecule has 1 aliphatic carbocycles. The van der Waals surface area contributed by atoms with E-state index in [9.17, 15) is 9.59 Å². The third kappa shape index (κ3) is 4.23. The minimum absolute atomic E-state index is 0.181. The number of hydrogen-bond donors (Lipinski definition) is 1. The van der Waals surface area contributed by atoms with Gasteiger partial charge >= 0.3 is 5.97 Å². The summed E-state index contributed by atoms with van der Waals surface area (Å²) in [6.07, 6.45) is 1.90. The van der Waals surface area contributed by atoms with Crippen molar-refractivity contribution in [1.29, 1.82) is 0 Å². The highest BCUT2D eigenvalue weighted by Gasteiger charge is 2.29. The molecule has 1 aromatic heterocycles. The molecule has 1 aliphatic rings. The molecular weight excluding hydrogens is 403 g/mol. The number of esters is 1. The number of nitrogens with one attached hydrogen (secondary N) is 1. The maximum absolute atomic E-state index is 12.4. The van der Waals surface area contributed by atoms with Crippen molar-refractivity contribution in [3.8, 4) is 0 Å². The van der Waals surface area contributed by atoms with E-state index in [1.165, 1.54) is 12.1 Å². The summed E-state index contributed by atoms with van der Waals surface area (Å²) in [5.41, 5.74) is 4.88. The largest absolute Gasteiger partial charge is 0.457 e. The zero-order valence-electron chi connectivity index (χ0n) is 15.8. The van der Waals surface area contributed by atoms with Crippen LogP contribution in [-0.2, 0) is 11.2 Å². The number of fused-ring (bicyclic) bond motifs is 1. The summed E-state index contributed by atoms with van der Waals surface area (Å²) in [6.45, 7) is 5.35. The Morgan fingerprint density at radius 3 is 2.68 bits per heavy atom. The van der Waals surface area contributed by atoms with Gasteiger partial charge in [-0.1, -0.05) is 23.2 Å². The summed E-state index contributed by atoms with van der Waals surface area (Å²) in [7, 11) is 0. The monoisotopic (exact) mass is 422 g/mol. The number of benzene rings is 1. The maximum atomic E-state index is 12.4. The van der Waals surface area contributed by atoms with Gasteiger partial charge in [-0.25, -0.2) is 10.2 Å². The Hall–Kier alpha value is -2.31. The van der Waals surface area contributed by atoms with Crippen molar-refractivity contribution in [3.05, 3.63) is 56.5 Å². The van der Waals surface area contributed by atoms with Gasteiger partial charge in [0.05, 0.1) is 22.4 Å². The molecule has 28 heavy (non-hydrogen) atoms. The van der Waals surface area contributed by atoms with Crippen LogP contribution in [0.5, 0.6) is 0 Å². The fraction of sp³-hybridized carbons (Fsp3) is 0.350. The second-order valence-corrected chi connectivity index (χ2v) is 7.63. The minimum Gasteiger partial charge on any atom is -0.457 e. The van der Waals surface area contributed by atoms with Crippen LogP contribution in [0.15, 0.2) is 27.7 Å². The van der Waals surface area contributed by atoms with E-state index in [-0.39, 0.29) is 22.5 Å². The van der Waals surface area contributed by atoms with Crippen molar-refractivity contribution in [2.75, 3.05) is 0 Å². The third-order valence-electron chi connectivity index (χ3n) is 4.32. The van der Waals surface area contributed by atoms with Gasteiger partial charge in [0.1, 0.15) is 5.76 Å². The number of aryl methyl sites for hydroxylation is 1. The van der Waals surface area contributed by atoms with Crippen molar-refractivity contribution < 1.29 is 18.7 Å². The predicted molar refractivity (Wildman–Crippen MR) is 107 cm³/mol. The molecule has 148 valence electrons. The molecule has 0 radical (unpaired) electrons. The van der Waals surface area contributed by atoms with Gasteiger partial charge in [0.25, 0.3) is 5.91 Å². The van der Waals surface area contributed by atoms with Gasteiger partial charge in [-0.15, -0.1) is 0 Å². The number of carbonyl (C=O) groups is 2. The zero-order chi connectivity index (χ0) is 20.4. The van der Waals surface area contributed by atoms with Crippen LogP contribution in [0.1, 0.15) is 64.5 Å². The number of amides is 1. The van der Waals surface area contributed by atoms with Crippen LogP contribution in [0.25, 0.3) is 0 Å². The van der Waals surface area contributed by atoms with Crippen molar-refractivity contribution >= 4 is 40.8 Å². The average Bonchev–Trinajstić information content (AvgIpc) is 2.97. The number of hydrazone groups is 1. The number of halogens is 2. The molecular formula is C20H20Cl2N2O4. The smallest absolute Gasteiger partial charge is 0.374 e. The minimum atomic E-state index is -0.502. The van der Waals surface area contributed by atoms with Gasteiger partial charge in [0.2, 0.25) is 5.76 Å². The number of furan rings is 1. The molecule has 0 saturated heterocycles. The second-order valence-electron chi connectivity index (χ2n) is 6.79. The highest BCUT2D eigenvalue weighted by molar-refractivity contribution is 6.36. The lowest BCUT2D eigenvalue weighted by molar-refractivity contribution is 0.0338. The van der Waals surface area contributed by atoms with Crippen LogP contribution in [0, 0.1) is 6.92 Å². The Labute approximate surface area is 172 Å². The molecule has 0 aliphatic heterocycles. The Kier molecular flexibility index (Phi) is 6.10. The van der Waals surface area contributed by atoms with Crippen LogP contribution in [0.4, 0.5) is 0 Å². The van der Waals surface area contributed by atoms with E-state index < -0.39 is 11.9 Å². The second kappa shape index (κ2) is 8.37. The lowest BCUT2D eigenvalue weighted by Gasteiger charge is -2.13. The van der Waals surface area contributed by atoms with Gasteiger partial charge < -0.3 is 9.15 Å². The number of nitrogens with zero attached hydrogens (tertiary/aromatic N) is 1. The molecule has 0 fully saturated rings. The van der Waals surface area contributed by atoms with Gasteiger partial charge in [0, 0.05) is 22.6 Å². The molecule has 1 amide bonds. The first-order chi connectivity index (χ1) is 13.3. The highest BCUT2D eigenvalue weighted by Crippen LogP contribution is 2.30. The van der Waals surface area contributed by atoms with E-state index in [0.717, 1.165) is 12.0 Å². The van der Waals surface area contributed by atoms with Crippen LogP contribution in [0.3, 0.4) is 0 Å². The first kappa shape index (κ1) is 20.4. The molecule has 0 unspecified atom stereocenters. The molecule has 2 aromatic rings. The van der Waals surface area contributed by atoms with Crippen LogP contribution in [-0.4, -0.2) is 23.7 Å². The van der Waals surface area contributed by atoms with Crippen molar-refractivity contribution in [1.82, 2.24) is 5.43 Å².